The summed E-state index contributed by atoms with van der Waals surface area (Å²) >= 11 is 0. The molecule has 0 radical (unpaired) electrons. The van der Waals surface area contributed by atoms with Gasteiger partial charge < -0.3 is 16.0 Å². The molecule has 0 aromatic rings. The zero-order chi connectivity index (χ0) is 15.1. The quantitative estimate of drug-likeness (QED) is 0.777. The van der Waals surface area contributed by atoms with Crippen molar-refractivity contribution in [3.8, 4) is 0 Å². The van der Waals surface area contributed by atoms with E-state index in [1.807, 2.05) is 4.90 Å². The van der Waals surface area contributed by atoms with E-state index >= 15 is 0 Å². The van der Waals surface area contributed by atoms with Crippen LogP contribution >= 0.6 is 12.4 Å². The molecule has 1 saturated carbocycles. The van der Waals surface area contributed by atoms with Gasteiger partial charge in [0.15, 0.2) is 0 Å². The Bertz CT molecular complexity index is 359. The van der Waals surface area contributed by atoms with E-state index in [4.69, 9.17) is 5.73 Å². The van der Waals surface area contributed by atoms with E-state index in [1.165, 1.54) is 25.7 Å². The molecule has 2 amide bonds. The van der Waals surface area contributed by atoms with Gasteiger partial charge in [-0.1, -0.05) is 25.7 Å². The molecule has 1 aliphatic heterocycles. The van der Waals surface area contributed by atoms with E-state index in [-0.39, 0.29) is 30.1 Å². The third kappa shape index (κ3) is 5.76. The number of piperidine rings is 1. The van der Waals surface area contributed by atoms with Crippen LogP contribution in [0.3, 0.4) is 0 Å². The van der Waals surface area contributed by atoms with Gasteiger partial charge in [0.05, 0.1) is 5.92 Å². The maximum atomic E-state index is 12.3. The smallest absolute Gasteiger partial charge is 0.224 e. The van der Waals surface area contributed by atoms with E-state index < -0.39 is 0 Å². The monoisotopic (exact) mass is 331 g/mol. The van der Waals surface area contributed by atoms with Crippen molar-refractivity contribution in [1.29, 1.82) is 0 Å². The number of halogens is 1. The highest BCUT2D eigenvalue weighted by molar-refractivity contribution is 5.85. The van der Waals surface area contributed by atoms with Crippen LogP contribution in [0.4, 0.5) is 0 Å². The lowest BCUT2D eigenvalue weighted by Crippen LogP contribution is -2.46. The highest BCUT2D eigenvalue weighted by Crippen LogP contribution is 2.29. The van der Waals surface area contributed by atoms with Crippen LogP contribution in [0.5, 0.6) is 0 Å². The van der Waals surface area contributed by atoms with Crippen LogP contribution in [0.15, 0.2) is 0 Å². The highest BCUT2D eigenvalue weighted by atomic mass is 35.5. The highest BCUT2D eigenvalue weighted by Gasteiger charge is 2.28. The van der Waals surface area contributed by atoms with Crippen molar-refractivity contribution in [2.45, 2.75) is 51.4 Å². The van der Waals surface area contributed by atoms with E-state index in [0.29, 0.717) is 26.1 Å². The van der Waals surface area contributed by atoms with Crippen LogP contribution in [-0.2, 0) is 9.59 Å². The first-order chi connectivity index (χ1) is 10.2. The van der Waals surface area contributed by atoms with Crippen LogP contribution < -0.4 is 11.1 Å². The third-order valence-electron chi connectivity index (χ3n) is 4.83. The number of hydrogen-bond acceptors (Lipinski definition) is 3. The normalized spacial score (nSPS) is 22.2. The van der Waals surface area contributed by atoms with E-state index in [0.717, 1.165) is 31.7 Å². The summed E-state index contributed by atoms with van der Waals surface area (Å²) in [6, 6.07) is 0. The van der Waals surface area contributed by atoms with Gasteiger partial charge in [0.2, 0.25) is 11.8 Å². The molecule has 6 heteroatoms. The molecule has 22 heavy (non-hydrogen) atoms. The molecular weight excluding hydrogens is 302 g/mol. The summed E-state index contributed by atoms with van der Waals surface area (Å²) in [7, 11) is 0. The van der Waals surface area contributed by atoms with E-state index in [9.17, 15) is 9.59 Å². The van der Waals surface area contributed by atoms with Crippen LogP contribution in [0.25, 0.3) is 0 Å². The first kappa shape index (κ1) is 19.2. The first-order valence-corrected chi connectivity index (χ1v) is 8.46. The molecule has 1 unspecified atom stereocenters. The lowest BCUT2D eigenvalue weighted by atomic mass is 9.96. The van der Waals surface area contributed by atoms with Crippen LogP contribution in [0.1, 0.15) is 51.4 Å². The Morgan fingerprint density at radius 2 is 1.86 bits per heavy atom. The zero-order valence-corrected chi connectivity index (χ0v) is 14.2. The number of carbonyl (C=O) groups is 2. The van der Waals surface area contributed by atoms with Crippen LogP contribution in [0, 0.1) is 11.8 Å². The SMILES string of the molecule is Cl.NCCNC(=O)C1CCCN(C(=O)CCC2CCCC2)C1. The second-order valence-electron chi connectivity index (χ2n) is 6.45. The van der Waals surface area contributed by atoms with Crippen LogP contribution in [0.2, 0.25) is 0 Å². The minimum absolute atomic E-state index is 0. The van der Waals surface area contributed by atoms with Gasteiger partial charge in [0.1, 0.15) is 0 Å². The topological polar surface area (TPSA) is 75.4 Å². The van der Waals surface area contributed by atoms with Crippen molar-refractivity contribution < 1.29 is 9.59 Å². The summed E-state index contributed by atoms with van der Waals surface area (Å²) in [5.41, 5.74) is 5.40. The molecule has 128 valence electrons. The van der Waals surface area contributed by atoms with E-state index in [2.05, 4.69) is 5.32 Å². The van der Waals surface area contributed by atoms with Gasteiger partial charge in [-0.15, -0.1) is 12.4 Å². The number of nitrogens with two attached hydrogens (primary N) is 1. The Hall–Kier alpha value is -0.810. The average molecular weight is 332 g/mol. The van der Waals surface area contributed by atoms with Gasteiger partial charge >= 0.3 is 0 Å². The Morgan fingerprint density at radius 3 is 2.55 bits per heavy atom. The maximum Gasteiger partial charge on any atom is 0.224 e. The lowest BCUT2D eigenvalue weighted by Gasteiger charge is -2.32. The number of nitrogens with one attached hydrogen (secondary N) is 1. The van der Waals surface area contributed by atoms with Gasteiger partial charge in [0.25, 0.3) is 0 Å². The van der Waals surface area contributed by atoms with Gasteiger partial charge in [-0.25, -0.2) is 0 Å². The average Bonchev–Trinajstić information content (AvgIpc) is 3.03. The molecule has 2 rings (SSSR count). The lowest BCUT2D eigenvalue weighted by molar-refractivity contribution is -0.135. The van der Waals surface area contributed by atoms with Crippen molar-refractivity contribution in [3.63, 3.8) is 0 Å². The number of amides is 2. The molecular formula is C16H30ClN3O2. The first-order valence-electron chi connectivity index (χ1n) is 8.46. The summed E-state index contributed by atoms with van der Waals surface area (Å²) < 4.78 is 0. The van der Waals surface area contributed by atoms with Gasteiger partial charge in [-0.05, 0) is 25.2 Å². The fraction of sp³-hybridized carbons (Fsp3) is 0.875. The predicted molar refractivity (Wildman–Crippen MR) is 89.8 cm³/mol. The number of carbonyl (C=O) groups excluding carboxylic acids is 2. The summed E-state index contributed by atoms with van der Waals surface area (Å²) in [6.07, 6.45) is 8.71. The molecule has 1 heterocycles. The molecule has 0 aromatic heterocycles. The summed E-state index contributed by atoms with van der Waals surface area (Å²) in [5, 5.41) is 2.84. The second kappa shape index (κ2) is 10.1. The van der Waals surface area contributed by atoms with E-state index in [1.54, 1.807) is 0 Å². The maximum absolute atomic E-state index is 12.3. The fourth-order valence-corrected chi connectivity index (χ4v) is 3.54. The molecule has 1 aliphatic carbocycles. The zero-order valence-electron chi connectivity index (χ0n) is 13.4. The van der Waals surface area contributed by atoms with Gasteiger partial charge in [-0.3, -0.25) is 9.59 Å². The number of nitrogens with zero attached hydrogens (tertiary/aromatic N) is 1. The Balaban J connectivity index is 0.00000242. The van der Waals surface area contributed by atoms with Crippen molar-refractivity contribution in [1.82, 2.24) is 10.2 Å². The van der Waals surface area contributed by atoms with Gasteiger partial charge in [0, 0.05) is 32.6 Å². The van der Waals surface area contributed by atoms with Crippen LogP contribution in [-0.4, -0.2) is 42.9 Å². The number of hydrogen-bond donors (Lipinski definition) is 2. The summed E-state index contributed by atoms with van der Waals surface area (Å²) in [6.45, 7) is 2.37. The predicted octanol–water partition coefficient (Wildman–Crippen LogP) is 1.69. The standard InChI is InChI=1S/C16H29N3O2.ClH/c17-9-10-18-16(21)14-6-3-11-19(12-14)15(20)8-7-13-4-1-2-5-13;/h13-14H,1-12,17H2,(H,18,21);1H. The molecule has 3 N–H and O–H groups in total. The van der Waals surface area contributed by atoms with Crippen molar-refractivity contribution in [2.24, 2.45) is 17.6 Å². The minimum Gasteiger partial charge on any atom is -0.355 e. The van der Waals surface area contributed by atoms with Gasteiger partial charge in [-0.2, -0.15) is 0 Å². The summed E-state index contributed by atoms with van der Waals surface area (Å²) in [4.78, 5) is 26.2. The van der Waals surface area contributed by atoms with Crippen molar-refractivity contribution in [2.75, 3.05) is 26.2 Å². The van der Waals surface area contributed by atoms with Crippen molar-refractivity contribution >= 4 is 24.2 Å². The molecule has 1 atom stereocenters. The molecule has 0 aromatic carbocycles. The number of rotatable bonds is 6. The molecule has 2 fully saturated rings. The molecule has 2 aliphatic rings. The Morgan fingerprint density at radius 1 is 1.14 bits per heavy atom. The fourth-order valence-electron chi connectivity index (χ4n) is 3.54. The molecule has 0 bridgehead atoms. The Kier molecular flexibility index (Phi) is 8.79. The number of likely N-dealkylation sites (tertiary alicyclic amines) is 1. The molecule has 0 spiro atoms. The Labute approximate surface area is 139 Å². The molecule has 1 saturated heterocycles. The molecule has 5 nitrogen and oxygen atoms in total. The van der Waals surface area contributed by atoms with Crippen molar-refractivity contribution in [3.05, 3.63) is 0 Å². The second-order valence-corrected chi connectivity index (χ2v) is 6.45. The summed E-state index contributed by atoms with van der Waals surface area (Å²) in [5.74, 6) is 0.982. The third-order valence-corrected chi connectivity index (χ3v) is 4.83. The minimum atomic E-state index is -0.0549. The largest absolute Gasteiger partial charge is 0.355 e.